The molecule has 2 aliphatic heterocycles. The van der Waals surface area contributed by atoms with Crippen molar-refractivity contribution in [2.75, 3.05) is 26.2 Å². The molecule has 2 atom stereocenters. The molecule has 10 heteroatoms. The number of oxazole rings is 2. The number of Topliss-reactive ketones (excluding diaryl/α,β-unsaturated/α-hetero) is 2. The summed E-state index contributed by atoms with van der Waals surface area (Å²) in [6.45, 7) is 4.63. The second-order valence-corrected chi connectivity index (χ2v) is 15.5. The fraction of sp³-hybridized carbons (Fsp3) is 0.744. The van der Waals surface area contributed by atoms with Crippen molar-refractivity contribution < 1.29 is 28.0 Å². The van der Waals surface area contributed by atoms with Crippen LogP contribution in [0.5, 0.6) is 0 Å². The van der Waals surface area contributed by atoms with Crippen molar-refractivity contribution in [2.45, 2.75) is 122 Å². The molecule has 0 bridgehead atoms. The maximum absolute atomic E-state index is 14.4. The van der Waals surface area contributed by atoms with Gasteiger partial charge in [-0.3, -0.25) is 19.2 Å². The fourth-order valence-electron chi connectivity index (χ4n) is 9.77. The molecule has 6 rings (SSSR count). The Hall–Kier alpha value is -3.30. The highest BCUT2D eigenvalue weighted by molar-refractivity contribution is 5.97. The predicted molar refractivity (Wildman–Crippen MR) is 183 cm³/mol. The van der Waals surface area contributed by atoms with E-state index in [2.05, 4.69) is 16.9 Å². The van der Waals surface area contributed by atoms with Gasteiger partial charge in [-0.2, -0.15) is 0 Å². The summed E-state index contributed by atoms with van der Waals surface area (Å²) in [5, 5.41) is 0. The summed E-state index contributed by atoms with van der Waals surface area (Å²) in [7, 11) is 0. The summed E-state index contributed by atoms with van der Waals surface area (Å²) >= 11 is 0. The second kappa shape index (κ2) is 16.6. The number of amides is 2. The quantitative estimate of drug-likeness (QED) is 0.188. The Morgan fingerprint density at radius 2 is 1.24 bits per heavy atom. The van der Waals surface area contributed by atoms with E-state index in [9.17, 15) is 19.2 Å². The van der Waals surface area contributed by atoms with Crippen molar-refractivity contribution in [3.8, 4) is 0 Å². The summed E-state index contributed by atoms with van der Waals surface area (Å²) in [6.07, 6.45) is 22.4. The van der Waals surface area contributed by atoms with Gasteiger partial charge in [0.25, 0.3) is 11.8 Å². The molecule has 0 aromatic carbocycles. The van der Waals surface area contributed by atoms with Crippen molar-refractivity contribution >= 4 is 23.4 Å². The number of aromatic nitrogens is 2. The van der Waals surface area contributed by atoms with Crippen molar-refractivity contribution in [2.24, 2.45) is 35.0 Å². The number of likely N-dealkylation sites (tertiary alicyclic amines) is 2. The Bertz CT molecular complexity index is 1360. The van der Waals surface area contributed by atoms with Gasteiger partial charge in [-0.1, -0.05) is 39.0 Å². The molecule has 0 N–H and O–H groups in total. The van der Waals surface area contributed by atoms with E-state index in [-0.39, 0.29) is 52.9 Å². The lowest BCUT2D eigenvalue weighted by molar-refractivity contribution is -0.135. The van der Waals surface area contributed by atoms with Crippen LogP contribution < -0.4 is 0 Å². The topological polar surface area (TPSA) is 127 Å². The first-order valence-electron chi connectivity index (χ1n) is 19.3. The summed E-state index contributed by atoms with van der Waals surface area (Å²) < 4.78 is 11.1. The monoisotopic (exact) mass is 676 g/mol. The Balaban J connectivity index is 1.15. The van der Waals surface area contributed by atoms with Crippen molar-refractivity contribution in [1.29, 1.82) is 0 Å². The lowest BCUT2D eigenvalue weighted by Gasteiger charge is -2.44. The zero-order valence-corrected chi connectivity index (χ0v) is 29.5. The van der Waals surface area contributed by atoms with Crippen molar-refractivity contribution in [3.05, 3.63) is 36.7 Å². The van der Waals surface area contributed by atoms with Crippen LogP contribution in [0.4, 0.5) is 0 Å². The summed E-state index contributed by atoms with van der Waals surface area (Å²) in [4.78, 5) is 67.3. The maximum Gasteiger partial charge on any atom is 0.263 e. The molecule has 4 aliphatic rings. The number of nitrogens with zero attached hydrogens (tertiary/aromatic N) is 4. The molecule has 2 aromatic heterocycles. The molecule has 2 amide bonds. The smallest absolute Gasteiger partial charge is 0.263 e. The van der Waals surface area contributed by atoms with Crippen molar-refractivity contribution in [1.82, 2.24) is 19.8 Å². The molecular weight excluding hydrogens is 620 g/mol. The highest BCUT2D eigenvalue weighted by Crippen LogP contribution is 2.47. The van der Waals surface area contributed by atoms with Gasteiger partial charge in [-0.25, -0.2) is 9.97 Å². The van der Waals surface area contributed by atoms with Gasteiger partial charge in [-0.15, -0.1) is 0 Å². The Labute approximate surface area is 291 Å². The molecule has 4 fully saturated rings. The van der Waals surface area contributed by atoms with Crippen LogP contribution in [-0.2, 0) is 9.59 Å². The van der Waals surface area contributed by atoms with Gasteiger partial charge in [0.1, 0.15) is 12.5 Å². The van der Waals surface area contributed by atoms with E-state index >= 15 is 0 Å². The number of carbonyl (C=O) groups excluding carboxylic acids is 4. The molecule has 2 saturated heterocycles. The molecule has 2 aliphatic carbocycles. The molecule has 49 heavy (non-hydrogen) atoms. The highest BCUT2D eigenvalue weighted by Gasteiger charge is 2.48. The van der Waals surface area contributed by atoms with Crippen LogP contribution in [-0.4, -0.2) is 69.3 Å². The number of carbonyl (C=O) groups is 4. The van der Waals surface area contributed by atoms with Gasteiger partial charge in [0, 0.05) is 50.4 Å². The minimum absolute atomic E-state index is 0.0316. The van der Waals surface area contributed by atoms with Gasteiger partial charge < -0.3 is 18.6 Å². The van der Waals surface area contributed by atoms with E-state index in [4.69, 9.17) is 8.83 Å². The molecule has 4 heterocycles. The molecule has 268 valence electrons. The predicted octanol–water partition coefficient (Wildman–Crippen LogP) is 7.55. The van der Waals surface area contributed by atoms with Crippen LogP contribution >= 0.6 is 0 Å². The van der Waals surface area contributed by atoms with Gasteiger partial charge in [0.15, 0.2) is 0 Å². The third kappa shape index (κ3) is 8.37. The third-order valence-corrected chi connectivity index (χ3v) is 12.8. The number of ketones is 2. The molecule has 2 saturated carbocycles. The minimum atomic E-state index is -0.781. The SMILES string of the molecule is CCC(CCC(C(=O)c1ncco1)C1CCN(C(=O)CC2CCCCC2)CC1)(C(=O)c1ncco1)C1CCN(C(=O)CC2CCCC2)CC1. The van der Waals surface area contributed by atoms with Gasteiger partial charge in [-0.05, 0) is 94.3 Å². The second-order valence-electron chi connectivity index (χ2n) is 15.5. The third-order valence-electron chi connectivity index (χ3n) is 12.8. The first-order valence-corrected chi connectivity index (χ1v) is 19.3. The average molecular weight is 677 g/mol. The van der Waals surface area contributed by atoms with Crippen LogP contribution in [0.15, 0.2) is 33.8 Å². The average Bonchev–Trinajstić information content (AvgIpc) is 3.96. The number of piperidine rings is 2. The van der Waals surface area contributed by atoms with E-state index in [1.807, 2.05) is 9.80 Å². The summed E-state index contributed by atoms with van der Waals surface area (Å²) in [5.74, 6) is 1.18. The Morgan fingerprint density at radius 1 is 0.735 bits per heavy atom. The van der Waals surface area contributed by atoms with Crippen LogP contribution in [0.1, 0.15) is 144 Å². The minimum Gasteiger partial charge on any atom is -0.442 e. The van der Waals surface area contributed by atoms with Crippen LogP contribution in [0.25, 0.3) is 0 Å². The van der Waals surface area contributed by atoms with Crippen LogP contribution in [0, 0.1) is 35.0 Å². The zero-order chi connectivity index (χ0) is 34.2. The molecule has 10 nitrogen and oxygen atoms in total. The number of rotatable bonds is 14. The van der Waals surface area contributed by atoms with Crippen LogP contribution in [0.2, 0.25) is 0 Å². The van der Waals surface area contributed by atoms with Crippen molar-refractivity contribution in [3.63, 3.8) is 0 Å². The molecule has 0 spiro atoms. The van der Waals surface area contributed by atoms with E-state index in [0.29, 0.717) is 70.1 Å². The van der Waals surface area contributed by atoms with E-state index < -0.39 is 5.41 Å². The Morgan fingerprint density at radius 3 is 1.76 bits per heavy atom. The molecule has 2 unspecified atom stereocenters. The normalized spacial score (nSPS) is 22.2. The standard InChI is InChI=1S/C39H56N4O6/c1-2-39(36(47)38-41-19-25-49-38,31-15-22-43(23-16-31)34(45)27-29-10-6-7-11-29)17-12-32(35(46)37-40-18-24-48-37)30-13-20-42(21-14-30)33(44)26-28-8-4-3-5-9-28/h18-19,24-25,28-32H,2-17,20-23,26-27H2,1H3. The summed E-state index contributed by atoms with van der Waals surface area (Å²) in [6, 6.07) is 0. The molecule has 0 radical (unpaired) electrons. The van der Waals surface area contributed by atoms with E-state index in [0.717, 1.165) is 51.4 Å². The maximum atomic E-state index is 14.4. The van der Waals surface area contributed by atoms with Gasteiger partial charge in [0.05, 0.1) is 12.4 Å². The first-order chi connectivity index (χ1) is 23.9. The number of hydrogen-bond donors (Lipinski definition) is 0. The van der Waals surface area contributed by atoms with E-state index in [1.54, 1.807) is 0 Å². The lowest BCUT2D eigenvalue weighted by Crippen LogP contribution is -2.47. The number of hydrogen-bond acceptors (Lipinski definition) is 8. The lowest BCUT2D eigenvalue weighted by atomic mass is 9.62. The summed E-state index contributed by atoms with van der Waals surface area (Å²) in [5.41, 5.74) is -0.781. The fourth-order valence-corrected chi connectivity index (χ4v) is 9.77. The molecule has 2 aromatic rings. The van der Waals surface area contributed by atoms with E-state index in [1.165, 1.54) is 57.0 Å². The Kier molecular flexibility index (Phi) is 12.0. The largest absolute Gasteiger partial charge is 0.442 e. The van der Waals surface area contributed by atoms with Crippen LogP contribution in [0.3, 0.4) is 0 Å². The van der Waals surface area contributed by atoms with Gasteiger partial charge >= 0.3 is 0 Å². The van der Waals surface area contributed by atoms with Gasteiger partial charge in [0.2, 0.25) is 23.4 Å². The molecular formula is C39H56N4O6. The first kappa shape index (κ1) is 35.5. The highest BCUT2D eigenvalue weighted by atomic mass is 16.4. The zero-order valence-electron chi connectivity index (χ0n) is 29.5.